The zero-order valence-electron chi connectivity index (χ0n) is 10.9. The molecule has 0 fully saturated rings. The van der Waals surface area contributed by atoms with Gasteiger partial charge in [0.25, 0.3) is 5.56 Å². The summed E-state index contributed by atoms with van der Waals surface area (Å²) in [5.41, 5.74) is 7.54. The van der Waals surface area contributed by atoms with E-state index in [0.717, 1.165) is 0 Å². The van der Waals surface area contributed by atoms with E-state index in [1.165, 1.54) is 33.7 Å². The lowest BCUT2D eigenvalue weighted by Crippen LogP contribution is -2.46. The lowest BCUT2D eigenvalue weighted by Gasteiger charge is -2.27. The van der Waals surface area contributed by atoms with Crippen LogP contribution in [0.3, 0.4) is 0 Å². The first kappa shape index (κ1) is 14.9. The fourth-order valence-electron chi connectivity index (χ4n) is 1.52. The van der Waals surface area contributed by atoms with Crippen molar-refractivity contribution in [1.82, 2.24) is 14.6 Å². The number of hydrogen-bond acceptors (Lipinski definition) is 7. The highest BCUT2D eigenvalue weighted by molar-refractivity contribution is 7.99. The zero-order chi connectivity index (χ0) is 14.9. The summed E-state index contributed by atoms with van der Waals surface area (Å²) in [6, 6.07) is 0.419. The van der Waals surface area contributed by atoms with Gasteiger partial charge >= 0.3 is 5.97 Å². The Hall–Kier alpha value is -1.45. The van der Waals surface area contributed by atoms with Crippen LogP contribution in [0.5, 0.6) is 0 Å². The summed E-state index contributed by atoms with van der Waals surface area (Å²) in [5, 5.41) is 12.8. The van der Waals surface area contributed by atoms with E-state index in [9.17, 15) is 9.59 Å². The van der Waals surface area contributed by atoms with Crippen LogP contribution in [-0.2, 0) is 10.5 Å². The molecule has 0 spiro atoms. The number of carboxylic acids is 1. The number of carbonyl (C=O) groups is 1. The van der Waals surface area contributed by atoms with Crippen molar-refractivity contribution < 1.29 is 9.90 Å². The van der Waals surface area contributed by atoms with Gasteiger partial charge in [-0.15, -0.1) is 11.8 Å². The van der Waals surface area contributed by atoms with Crippen LogP contribution in [0.1, 0.15) is 19.5 Å². The van der Waals surface area contributed by atoms with E-state index in [4.69, 9.17) is 10.8 Å². The van der Waals surface area contributed by atoms with E-state index >= 15 is 0 Å². The van der Waals surface area contributed by atoms with E-state index in [2.05, 4.69) is 10.1 Å². The fraction of sp³-hybridized carbons (Fsp3) is 0.455. The number of carboxylic acid groups (broad SMARTS) is 1. The van der Waals surface area contributed by atoms with Crippen molar-refractivity contribution in [2.45, 2.75) is 30.4 Å². The maximum atomic E-state index is 11.8. The zero-order valence-corrected chi connectivity index (χ0v) is 12.6. The summed E-state index contributed by atoms with van der Waals surface area (Å²) in [6.45, 7) is 3.52. The summed E-state index contributed by atoms with van der Waals surface area (Å²) in [5.74, 6) is -0.633. The van der Waals surface area contributed by atoms with Crippen LogP contribution >= 0.6 is 23.1 Å². The number of fused-ring (bicyclic) bond motifs is 1. The van der Waals surface area contributed by atoms with Crippen molar-refractivity contribution in [3.05, 3.63) is 27.6 Å². The molecule has 0 aliphatic rings. The van der Waals surface area contributed by atoms with Gasteiger partial charge in [0, 0.05) is 16.6 Å². The molecular weight excluding hydrogens is 300 g/mol. The second kappa shape index (κ2) is 5.51. The smallest absolute Gasteiger partial charge is 0.321 e. The molecule has 2 rings (SSSR count). The van der Waals surface area contributed by atoms with Gasteiger partial charge in [-0.05, 0) is 13.8 Å². The van der Waals surface area contributed by atoms with Gasteiger partial charge in [-0.2, -0.15) is 9.61 Å². The monoisotopic (exact) mass is 314 g/mol. The molecule has 0 saturated carbocycles. The Balaban J connectivity index is 2.17. The Morgan fingerprint density at radius 2 is 2.35 bits per heavy atom. The molecule has 2 aromatic heterocycles. The molecule has 0 bridgehead atoms. The minimum Gasteiger partial charge on any atom is -0.480 e. The predicted octanol–water partition coefficient (Wildman–Crippen LogP) is 0.575. The van der Waals surface area contributed by atoms with Crippen molar-refractivity contribution in [1.29, 1.82) is 0 Å². The van der Waals surface area contributed by atoms with E-state index in [1.54, 1.807) is 19.4 Å². The van der Waals surface area contributed by atoms with Crippen LogP contribution in [0.15, 0.2) is 16.4 Å². The number of nitrogens with zero attached hydrogens (tertiary/aromatic N) is 3. The van der Waals surface area contributed by atoms with Gasteiger partial charge in [0.05, 0.1) is 5.69 Å². The molecule has 9 heteroatoms. The molecule has 3 N–H and O–H groups in total. The molecule has 0 aromatic carbocycles. The lowest BCUT2D eigenvalue weighted by atomic mass is 10.1. The molecule has 0 radical (unpaired) electrons. The van der Waals surface area contributed by atoms with E-state index in [0.29, 0.717) is 16.4 Å². The highest BCUT2D eigenvalue weighted by atomic mass is 32.2. The van der Waals surface area contributed by atoms with Gasteiger partial charge in [0.15, 0.2) is 0 Å². The van der Waals surface area contributed by atoms with Crippen molar-refractivity contribution >= 4 is 34.0 Å². The first-order valence-electron chi connectivity index (χ1n) is 5.76. The third kappa shape index (κ3) is 3.00. The van der Waals surface area contributed by atoms with Gasteiger partial charge in [0.1, 0.15) is 11.6 Å². The quantitative estimate of drug-likeness (QED) is 0.830. The second-order valence-electron chi connectivity index (χ2n) is 4.73. The molecule has 2 heterocycles. The van der Waals surface area contributed by atoms with E-state index in [-0.39, 0.29) is 5.56 Å². The first-order chi connectivity index (χ1) is 9.31. The summed E-state index contributed by atoms with van der Waals surface area (Å²) in [4.78, 5) is 27.5. The maximum Gasteiger partial charge on any atom is 0.321 e. The Morgan fingerprint density at radius 1 is 1.65 bits per heavy atom. The first-order valence-corrected chi connectivity index (χ1v) is 7.62. The molecule has 0 amide bonds. The summed E-state index contributed by atoms with van der Waals surface area (Å²) >= 11 is 2.63. The standard InChI is InChI=1S/C11H14N4O3S2/c1-11(2,8(12)9(17)18)20-4-6-3-7(16)15-10(14-6)19-5-13-15/h3,5,8H,4,12H2,1-2H3,(H,17,18)/t8-/m0/s1. The fourth-order valence-corrected chi connectivity index (χ4v) is 3.11. The van der Waals surface area contributed by atoms with Crippen LogP contribution in [0.4, 0.5) is 0 Å². The average molecular weight is 314 g/mol. The number of aromatic nitrogens is 3. The van der Waals surface area contributed by atoms with Gasteiger partial charge < -0.3 is 10.8 Å². The van der Waals surface area contributed by atoms with Crippen LogP contribution in [0.25, 0.3) is 4.96 Å². The summed E-state index contributed by atoms with van der Waals surface area (Å²) in [6.07, 6.45) is 0. The van der Waals surface area contributed by atoms with Gasteiger partial charge in [-0.3, -0.25) is 9.59 Å². The normalized spacial score (nSPS) is 13.6. The molecule has 2 aromatic rings. The number of thioether (sulfide) groups is 1. The molecule has 0 saturated heterocycles. The Bertz CT molecular complexity index is 694. The van der Waals surface area contributed by atoms with Crippen LogP contribution in [0, 0.1) is 0 Å². The third-order valence-electron chi connectivity index (χ3n) is 2.85. The van der Waals surface area contributed by atoms with Crippen LogP contribution in [-0.4, -0.2) is 36.5 Å². The molecule has 108 valence electrons. The van der Waals surface area contributed by atoms with E-state index in [1.807, 2.05) is 0 Å². The molecule has 7 nitrogen and oxygen atoms in total. The molecular formula is C11H14N4O3S2. The molecule has 1 atom stereocenters. The Kier molecular flexibility index (Phi) is 4.11. The van der Waals surface area contributed by atoms with Crippen molar-refractivity contribution in [3.8, 4) is 0 Å². The highest BCUT2D eigenvalue weighted by Crippen LogP contribution is 2.30. The number of aliphatic carboxylic acids is 1. The Labute approximate surface area is 122 Å². The minimum absolute atomic E-state index is 0.243. The molecule has 20 heavy (non-hydrogen) atoms. The molecule has 0 unspecified atom stereocenters. The number of hydrogen-bond donors (Lipinski definition) is 2. The topological polar surface area (TPSA) is 111 Å². The highest BCUT2D eigenvalue weighted by Gasteiger charge is 2.32. The maximum absolute atomic E-state index is 11.8. The number of rotatable bonds is 5. The average Bonchev–Trinajstić information content (AvgIpc) is 2.84. The van der Waals surface area contributed by atoms with Crippen molar-refractivity contribution in [3.63, 3.8) is 0 Å². The van der Waals surface area contributed by atoms with Crippen molar-refractivity contribution in [2.75, 3.05) is 0 Å². The van der Waals surface area contributed by atoms with Gasteiger partial charge in [-0.25, -0.2) is 4.98 Å². The minimum atomic E-state index is -1.05. The second-order valence-corrected chi connectivity index (χ2v) is 7.17. The van der Waals surface area contributed by atoms with E-state index < -0.39 is 16.8 Å². The largest absolute Gasteiger partial charge is 0.480 e. The molecule has 0 aliphatic heterocycles. The van der Waals surface area contributed by atoms with Crippen molar-refractivity contribution in [2.24, 2.45) is 5.73 Å². The summed E-state index contributed by atoms with van der Waals surface area (Å²) in [7, 11) is 0. The lowest BCUT2D eigenvalue weighted by molar-refractivity contribution is -0.139. The Morgan fingerprint density at radius 3 is 3.00 bits per heavy atom. The SMILES string of the molecule is CC(C)(SCc1cc(=O)n2ncsc2n1)[C@@H](N)C(=O)O. The summed E-state index contributed by atoms with van der Waals surface area (Å²) < 4.78 is 0.569. The third-order valence-corrected chi connectivity index (χ3v) is 4.96. The van der Waals surface area contributed by atoms with Crippen LogP contribution in [0.2, 0.25) is 0 Å². The van der Waals surface area contributed by atoms with Gasteiger partial charge in [-0.1, -0.05) is 11.3 Å². The van der Waals surface area contributed by atoms with Gasteiger partial charge in [0.2, 0.25) is 4.96 Å². The predicted molar refractivity (Wildman–Crippen MR) is 78.1 cm³/mol. The number of nitrogens with two attached hydrogens (primary N) is 1. The van der Waals surface area contributed by atoms with Crippen LogP contribution < -0.4 is 11.3 Å². The molecule has 0 aliphatic carbocycles.